The number of nitrogens with zero attached hydrogens (tertiary/aromatic N) is 3. The molecule has 0 atom stereocenters. The van der Waals surface area contributed by atoms with Gasteiger partial charge in [0.15, 0.2) is 11.6 Å². The van der Waals surface area contributed by atoms with Crippen molar-refractivity contribution in [2.24, 2.45) is 4.99 Å². The average Bonchev–Trinajstić information content (AvgIpc) is 2.61. The number of ether oxygens (including phenoxy) is 1. The Kier molecular flexibility index (Phi) is 5.34. The first kappa shape index (κ1) is 15.6. The van der Waals surface area contributed by atoms with Gasteiger partial charge in [0.2, 0.25) is 0 Å². The lowest BCUT2D eigenvalue weighted by molar-refractivity contribution is 0.233. The first-order valence-electron chi connectivity index (χ1n) is 7.90. The number of benzene rings is 1. The van der Waals surface area contributed by atoms with E-state index in [9.17, 15) is 0 Å². The van der Waals surface area contributed by atoms with Crippen molar-refractivity contribution in [1.29, 1.82) is 0 Å². The predicted octanol–water partition coefficient (Wildman–Crippen LogP) is 2.40. The van der Waals surface area contributed by atoms with Crippen molar-refractivity contribution in [3.05, 3.63) is 53.7 Å². The van der Waals surface area contributed by atoms with Gasteiger partial charge in [-0.05, 0) is 30.0 Å². The van der Waals surface area contributed by atoms with Crippen LogP contribution >= 0.6 is 0 Å². The summed E-state index contributed by atoms with van der Waals surface area (Å²) >= 11 is 0. The van der Waals surface area contributed by atoms with E-state index in [0.717, 1.165) is 38.3 Å². The van der Waals surface area contributed by atoms with E-state index in [0.29, 0.717) is 18.2 Å². The molecular weight excluding hydrogens is 288 g/mol. The largest absolute Gasteiger partial charge is 0.485 e. The maximum absolute atomic E-state index is 5.84. The van der Waals surface area contributed by atoms with Crippen molar-refractivity contribution in [2.45, 2.75) is 13.2 Å². The normalized spacial score (nSPS) is 15.3. The number of aromatic nitrogens is 1. The number of hydrogen-bond donors (Lipinski definition) is 1. The second-order valence-corrected chi connectivity index (χ2v) is 5.62. The summed E-state index contributed by atoms with van der Waals surface area (Å²) in [6, 6.07) is 12.3. The maximum atomic E-state index is 5.84. The fourth-order valence-electron chi connectivity index (χ4n) is 2.72. The van der Waals surface area contributed by atoms with Crippen molar-refractivity contribution in [3.63, 3.8) is 0 Å². The van der Waals surface area contributed by atoms with Crippen LogP contribution in [0.2, 0.25) is 0 Å². The molecule has 0 aliphatic carbocycles. The molecular formula is C18H22N4O. The van der Waals surface area contributed by atoms with Crippen LogP contribution in [0.1, 0.15) is 11.1 Å². The van der Waals surface area contributed by atoms with E-state index in [1.54, 1.807) is 6.20 Å². The van der Waals surface area contributed by atoms with Crippen LogP contribution in [0.4, 0.5) is 5.82 Å². The fraction of sp³-hybridized carbons (Fsp3) is 0.333. The summed E-state index contributed by atoms with van der Waals surface area (Å²) in [4.78, 5) is 10.5. The molecule has 2 aromatic rings. The molecule has 0 amide bonds. The number of piperazine rings is 1. The second kappa shape index (κ2) is 7.85. The summed E-state index contributed by atoms with van der Waals surface area (Å²) in [5.74, 6) is 1.19. The number of nitrogens with one attached hydrogen (secondary N) is 1. The summed E-state index contributed by atoms with van der Waals surface area (Å²) in [5, 5.41) is 3.38. The minimum atomic E-state index is 0.504. The summed E-state index contributed by atoms with van der Waals surface area (Å²) in [5.41, 5.74) is 2.47. The zero-order chi connectivity index (χ0) is 15.9. The van der Waals surface area contributed by atoms with E-state index in [-0.39, 0.29) is 0 Å². The first-order chi connectivity index (χ1) is 11.3. The van der Waals surface area contributed by atoms with Gasteiger partial charge in [0, 0.05) is 38.9 Å². The summed E-state index contributed by atoms with van der Waals surface area (Å²) in [6.07, 6.45) is 1.69. The van der Waals surface area contributed by atoms with Gasteiger partial charge < -0.3 is 10.1 Å². The molecule has 1 aliphatic heterocycles. The summed E-state index contributed by atoms with van der Waals surface area (Å²) in [6.45, 7) is 9.36. The van der Waals surface area contributed by atoms with Crippen molar-refractivity contribution >= 4 is 12.5 Å². The Balaban J connectivity index is 1.62. The molecule has 23 heavy (non-hydrogen) atoms. The smallest absolute Gasteiger partial charge is 0.194 e. The maximum Gasteiger partial charge on any atom is 0.194 e. The number of rotatable bonds is 6. The van der Waals surface area contributed by atoms with Crippen molar-refractivity contribution in [3.8, 4) is 5.75 Å². The summed E-state index contributed by atoms with van der Waals surface area (Å²) < 4.78 is 5.84. The highest BCUT2D eigenvalue weighted by Gasteiger charge is 2.10. The number of aliphatic imine (C=N–C) groups is 1. The van der Waals surface area contributed by atoms with Crippen molar-refractivity contribution in [1.82, 2.24) is 15.2 Å². The Bertz CT molecular complexity index is 653. The SMILES string of the molecule is C=Nc1ncccc1OCc1cccc(CN2CCNCC2)c1. The third-order valence-electron chi connectivity index (χ3n) is 3.90. The van der Waals surface area contributed by atoms with Gasteiger partial charge in [-0.2, -0.15) is 0 Å². The van der Waals surface area contributed by atoms with E-state index < -0.39 is 0 Å². The molecule has 3 rings (SSSR count). The minimum absolute atomic E-state index is 0.504. The molecule has 5 nitrogen and oxygen atoms in total. The van der Waals surface area contributed by atoms with Crippen LogP contribution in [0.25, 0.3) is 0 Å². The van der Waals surface area contributed by atoms with Crippen LogP contribution in [0, 0.1) is 0 Å². The van der Waals surface area contributed by atoms with Crippen LogP contribution in [-0.2, 0) is 13.2 Å². The van der Waals surface area contributed by atoms with E-state index in [1.165, 1.54) is 5.56 Å². The van der Waals surface area contributed by atoms with E-state index >= 15 is 0 Å². The number of pyridine rings is 1. The Morgan fingerprint density at radius 3 is 2.83 bits per heavy atom. The van der Waals surface area contributed by atoms with Crippen LogP contribution in [0.15, 0.2) is 47.6 Å². The molecule has 1 aromatic heterocycles. The highest BCUT2D eigenvalue weighted by Crippen LogP contribution is 2.24. The minimum Gasteiger partial charge on any atom is -0.485 e. The molecule has 0 radical (unpaired) electrons. The van der Waals surface area contributed by atoms with Crippen LogP contribution in [0.5, 0.6) is 5.75 Å². The van der Waals surface area contributed by atoms with Gasteiger partial charge in [-0.3, -0.25) is 4.90 Å². The first-order valence-corrected chi connectivity index (χ1v) is 7.90. The zero-order valence-electron chi connectivity index (χ0n) is 13.2. The van der Waals surface area contributed by atoms with Gasteiger partial charge in [-0.1, -0.05) is 24.3 Å². The van der Waals surface area contributed by atoms with Crippen molar-refractivity contribution in [2.75, 3.05) is 26.2 Å². The molecule has 1 saturated heterocycles. The van der Waals surface area contributed by atoms with E-state index in [2.05, 4.69) is 51.2 Å². The third-order valence-corrected chi connectivity index (χ3v) is 3.90. The highest BCUT2D eigenvalue weighted by atomic mass is 16.5. The Morgan fingerprint density at radius 1 is 1.17 bits per heavy atom. The molecule has 0 unspecified atom stereocenters. The van der Waals surface area contributed by atoms with Gasteiger partial charge in [-0.15, -0.1) is 0 Å². The van der Waals surface area contributed by atoms with Gasteiger partial charge in [0.1, 0.15) is 6.61 Å². The molecule has 0 bridgehead atoms. The quantitative estimate of drug-likeness (QED) is 0.832. The molecule has 1 aromatic carbocycles. The van der Waals surface area contributed by atoms with Crippen LogP contribution < -0.4 is 10.1 Å². The van der Waals surface area contributed by atoms with Crippen molar-refractivity contribution < 1.29 is 4.74 Å². The van der Waals surface area contributed by atoms with E-state index in [4.69, 9.17) is 4.74 Å². The van der Waals surface area contributed by atoms with Crippen LogP contribution in [-0.4, -0.2) is 42.8 Å². The second-order valence-electron chi connectivity index (χ2n) is 5.62. The van der Waals surface area contributed by atoms with Gasteiger partial charge in [0.25, 0.3) is 0 Å². The molecule has 2 heterocycles. The molecule has 0 spiro atoms. The Morgan fingerprint density at radius 2 is 2.00 bits per heavy atom. The lowest BCUT2D eigenvalue weighted by atomic mass is 10.1. The lowest BCUT2D eigenvalue weighted by Crippen LogP contribution is -2.42. The standard InChI is InChI=1S/C18H22N4O/c1-19-18-17(6-3-7-21-18)23-14-16-5-2-4-15(12-16)13-22-10-8-20-9-11-22/h2-7,12,20H,1,8-11,13-14H2. The molecule has 120 valence electrons. The predicted molar refractivity (Wildman–Crippen MR) is 92.4 cm³/mol. The fourth-order valence-corrected chi connectivity index (χ4v) is 2.72. The molecule has 1 aliphatic rings. The van der Waals surface area contributed by atoms with Gasteiger partial charge in [0.05, 0.1) is 0 Å². The molecule has 0 saturated carbocycles. The van der Waals surface area contributed by atoms with E-state index in [1.807, 2.05) is 12.1 Å². The van der Waals surface area contributed by atoms with Crippen LogP contribution in [0.3, 0.4) is 0 Å². The molecule has 1 fully saturated rings. The summed E-state index contributed by atoms with van der Waals surface area (Å²) in [7, 11) is 0. The molecule has 1 N–H and O–H groups in total. The Labute approximate surface area is 137 Å². The lowest BCUT2D eigenvalue weighted by Gasteiger charge is -2.27. The zero-order valence-corrected chi connectivity index (χ0v) is 13.2. The van der Waals surface area contributed by atoms with Gasteiger partial charge in [-0.25, -0.2) is 9.98 Å². The highest BCUT2D eigenvalue weighted by molar-refractivity contribution is 5.49. The monoisotopic (exact) mass is 310 g/mol. The third kappa shape index (κ3) is 4.37. The van der Waals surface area contributed by atoms with Gasteiger partial charge >= 0.3 is 0 Å². The molecule has 5 heteroatoms. The Hall–Kier alpha value is -2.24. The topological polar surface area (TPSA) is 49.8 Å². The number of hydrogen-bond acceptors (Lipinski definition) is 5. The average molecular weight is 310 g/mol.